The molecule has 0 unspecified atom stereocenters. The van der Waals surface area contributed by atoms with Crippen LogP contribution in [0.5, 0.6) is 23.0 Å². The van der Waals surface area contributed by atoms with Gasteiger partial charge in [-0.25, -0.2) is 0 Å². The predicted molar refractivity (Wildman–Crippen MR) is 237 cm³/mol. The van der Waals surface area contributed by atoms with Crippen molar-refractivity contribution in [3.63, 3.8) is 0 Å². The highest BCUT2D eigenvalue weighted by Gasteiger charge is 2.50. The zero-order valence-corrected chi connectivity index (χ0v) is 32.6. The molecule has 5 heteroatoms. The Bertz CT molecular complexity index is 2940. The van der Waals surface area contributed by atoms with Gasteiger partial charge in [0.25, 0.3) is 0 Å². The summed E-state index contributed by atoms with van der Waals surface area (Å²) in [6.45, 7) is 6.87. The minimum Gasteiger partial charge on any atom is -0.449 e. The van der Waals surface area contributed by atoms with Crippen molar-refractivity contribution in [3.05, 3.63) is 209 Å². The van der Waals surface area contributed by atoms with E-state index in [1.165, 1.54) is 72.6 Å². The number of aryl methyl sites for hydroxylation is 1. The van der Waals surface area contributed by atoms with Crippen LogP contribution in [-0.2, 0) is 5.41 Å². The molecule has 4 nitrogen and oxygen atoms in total. The summed E-state index contributed by atoms with van der Waals surface area (Å²) in [6.07, 6.45) is 0. The average molecular weight is 747 g/mol. The third-order valence-electron chi connectivity index (χ3n) is 12.9. The van der Waals surface area contributed by atoms with Gasteiger partial charge in [-0.2, -0.15) is 0 Å². The quantitative estimate of drug-likeness (QED) is 0.132. The van der Waals surface area contributed by atoms with Gasteiger partial charge >= 0.3 is 6.85 Å². The monoisotopic (exact) mass is 746 g/mol. The van der Waals surface area contributed by atoms with E-state index in [1.807, 2.05) is 24.3 Å². The molecular formula is C53H39BN2O2. The molecule has 58 heavy (non-hydrogen) atoms. The molecule has 4 aliphatic heterocycles. The summed E-state index contributed by atoms with van der Waals surface area (Å²) < 4.78 is 13.3. The zero-order chi connectivity index (χ0) is 38.7. The Hall–Kier alpha value is -6.98. The van der Waals surface area contributed by atoms with Crippen LogP contribution in [0.3, 0.4) is 0 Å². The molecule has 0 bridgehead atoms. The number of ether oxygens (including phenoxy) is 2. The number of benzene rings is 8. The third-order valence-corrected chi connectivity index (χ3v) is 12.9. The molecular weight excluding hydrogens is 707 g/mol. The van der Waals surface area contributed by atoms with E-state index in [2.05, 4.69) is 182 Å². The first-order valence-electron chi connectivity index (χ1n) is 20.2. The zero-order valence-electron chi connectivity index (χ0n) is 32.6. The molecule has 0 spiro atoms. The van der Waals surface area contributed by atoms with E-state index in [-0.39, 0.29) is 18.2 Å². The molecule has 0 saturated heterocycles. The molecule has 0 aromatic heterocycles. The summed E-state index contributed by atoms with van der Waals surface area (Å²) in [6, 6.07) is 64.1. The maximum absolute atomic E-state index is 6.68. The lowest BCUT2D eigenvalue weighted by molar-refractivity contribution is 0.360. The molecule has 0 saturated carbocycles. The molecule has 0 aliphatic carbocycles. The SMILES string of the molecule is Cc1ccccc1N1B2c3cccc4c3N(c3ccccc3C4(C)C)c3cc(C(c4ccccc4)c4ccccc4)cc(c32)-c2cc3c(cc21)Oc1ccccc1O3. The molecule has 0 amide bonds. The first-order valence-corrected chi connectivity index (χ1v) is 20.2. The molecule has 276 valence electrons. The lowest BCUT2D eigenvalue weighted by atomic mass is 9.42. The Kier molecular flexibility index (Phi) is 7.02. The van der Waals surface area contributed by atoms with Crippen LogP contribution in [0.25, 0.3) is 11.1 Å². The molecule has 0 fully saturated rings. The molecule has 0 atom stereocenters. The standard InChI is InChI=1S/C53H39BN2O2/c1-33-17-10-12-25-42(33)56-44-32-49-48(57-46-27-14-15-28-47(46)58-49)31-37(44)38-29-36(50(34-18-6-4-7-19-34)35-20-8-5-9-21-35)30-45-51(38)54(56)41-24-16-23-40-52(41)55(45)43-26-13-11-22-39(43)53(40,2)3/h4-32,50H,1-3H3. The van der Waals surface area contributed by atoms with Crippen molar-refractivity contribution in [2.45, 2.75) is 32.1 Å². The largest absolute Gasteiger partial charge is 0.449 e. The number of hydrogen-bond donors (Lipinski definition) is 0. The summed E-state index contributed by atoms with van der Waals surface area (Å²) in [5.74, 6) is 2.86. The minimum atomic E-state index is -0.218. The van der Waals surface area contributed by atoms with Gasteiger partial charge in [-0.05, 0) is 93.2 Å². The van der Waals surface area contributed by atoms with Gasteiger partial charge in [-0.1, -0.05) is 147 Å². The van der Waals surface area contributed by atoms with Crippen LogP contribution < -0.4 is 30.1 Å². The summed E-state index contributed by atoms with van der Waals surface area (Å²) >= 11 is 0. The van der Waals surface area contributed by atoms with Crippen LogP contribution in [-0.4, -0.2) is 6.85 Å². The molecule has 4 heterocycles. The maximum Gasteiger partial charge on any atom is 0.333 e. The van der Waals surface area contributed by atoms with E-state index in [4.69, 9.17) is 9.47 Å². The second-order valence-electron chi connectivity index (χ2n) is 16.5. The van der Waals surface area contributed by atoms with Gasteiger partial charge in [-0.3, -0.25) is 0 Å². The van der Waals surface area contributed by atoms with Gasteiger partial charge in [0.05, 0.1) is 5.69 Å². The van der Waals surface area contributed by atoms with Crippen LogP contribution in [0.4, 0.5) is 28.4 Å². The lowest BCUT2D eigenvalue weighted by Gasteiger charge is -2.51. The van der Waals surface area contributed by atoms with Gasteiger partial charge in [-0.15, -0.1) is 0 Å². The number of anilines is 5. The number of fused-ring (bicyclic) bond motifs is 8. The van der Waals surface area contributed by atoms with Gasteiger partial charge in [0.2, 0.25) is 0 Å². The van der Waals surface area contributed by atoms with Crippen LogP contribution in [0.15, 0.2) is 176 Å². The van der Waals surface area contributed by atoms with E-state index >= 15 is 0 Å². The number of para-hydroxylation sites is 5. The van der Waals surface area contributed by atoms with E-state index in [0.29, 0.717) is 11.5 Å². The summed E-state index contributed by atoms with van der Waals surface area (Å²) in [7, 11) is 0. The normalized spacial score (nSPS) is 14.6. The van der Waals surface area contributed by atoms with Crippen molar-refractivity contribution in [3.8, 4) is 34.1 Å². The predicted octanol–water partition coefficient (Wildman–Crippen LogP) is 12.4. The van der Waals surface area contributed by atoms with E-state index < -0.39 is 0 Å². The Labute approximate surface area is 339 Å². The number of nitrogens with zero attached hydrogens (tertiary/aromatic N) is 2. The fourth-order valence-electron chi connectivity index (χ4n) is 10.3. The van der Waals surface area contributed by atoms with E-state index in [9.17, 15) is 0 Å². The Morgan fingerprint density at radius 2 is 1.09 bits per heavy atom. The van der Waals surface area contributed by atoms with Gasteiger partial charge in [0.15, 0.2) is 23.0 Å². The van der Waals surface area contributed by atoms with Gasteiger partial charge < -0.3 is 19.2 Å². The van der Waals surface area contributed by atoms with Crippen molar-refractivity contribution in [1.82, 2.24) is 0 Å². The molecule has 4 aliphatic rings. The highest BCUT2D eigenvalue weighted by molar-refractivity contribution is 6.93. The topological polar surface area (TPSA) is 24.9 Å². The summed E-state index contributed by atoms with van der Waals surface area (Å²) in [4.78, 5) is 5.17. The van der Waals surface area contributed by atoms with Crippen LogP contribution in [0.1, 0.15) is 53.1 Å². The fraction of sp³-hybridized carbons (Fsp3) is 0.0943. The van der Waals surface area contributed by atoms with Crippen molar-refractivity contribution in [2.75, 3.05) is 9.71 Å². The first-order chi connectivity index (χ1) is 28.5. The second-order valence-corrected chi connectivity index (χ2v) is 16.5. The molecule has 8 aromatic rings. The fourth-order valence-corrected chi connectivity index (χ4v) is 10.3. The average Bonchev–Trinajstić information content (AvgIpc) is 3.26. The van der Waals surface area contributed by atoms with Crippen molar-refractivity contribution < 1.29 is 9.47 Å². The minimum absolute atomic E-state index is 0.00236. The summed E-state index contributed by atoms with van der Waals surface area (Å²) in [5.41, 5.74) is 18.3. The van der Waals surface area contributed by atoms with Gasteiger partial charge in [0, 0.05) is 45.7 Å². The van der Waals surface area contributed by atoms with Crippen molar-refractivity contribution in [2.24, 2.45) is 0 Å². The Morgan fingerprint density at radius 1 is 0.483 bits per heavy atom. The molecule has 8 aromatic carbocycles. The summed E-state index contributed by atoms with van der Waals surface area (Å²) in [5, 5.41) is 0. The second kappa shape index (κ2) is 12.3. The van der Waals surface area contributed by atoms with Crippen molar-refractivity contribution >= 4 is 46.2 Å². The first kappa shape index (κ1) is 33.2. The third kappa shape index (κ3) is 4.64. The van der Waals surface area contributed by atoms with Gasteiger partial charge in [0.1, 0.15) is 0 Å². The number of rotatable bonds is 4. The molecule has 12 rings (SSSR count). The molecule has 0 radical (unpaired) electrons. The van der Waals surface area contributed by atoms with Crippen LogP contribution in [0.2, 0.25) is 0 Å². The Morgan fingerprint density at radius 3 is 1.79 bits per heavy atom. The van der Waals surface area contributed by atoms with E-state index in [0.717, 1.165) is 22.7 Å². The van der Waals surface area contributed by atoms with Crippen LogP contribution >= 0.6 is 0 Å². The number of hydrogen-bond acceptors (Lipinski definition) is 4. The van der Waals surface area contributed by atoms with E-state index in [1.54, 1.807) is 0 Å². The smallest absolute Gasteiger partial charge is 0.333 e. The lowest BCUT2D eigenvalue weighted by Crippen LogP contribution is -2.62. The highest BCUT2D eigenvalue weighted by Crippen LogP contribution is 2.57. The Balaban J connectivity index is 1.23. The highest BCUT2D eigenvalue weighted by atomic mass is 16.6. The molecule has 0 N–H and O–H groups in total. The van der Waals surface area contributed by atoms with Crippen LogP contribution in [0, 0.1) is 6.92 Å². The van der Waals surface area contributed by atoms with Crippen molar-refractivity contribution in [1.29, 1.82) is 0 Å². The maximum atomic E-state index is 6.68.